The van der Waals surface area contributed by atoms with E-state index >= 15 is 0 Å². The van der Waals surface area contributed by atoms with E-state index in [1.807, 2.05) is 0 Å². The number of nitrogens with two attached hydrogens (primary N) is 1. The van der Waals surface area contributed by atoms with Gasteiger partial charge in [0, 0.05) is 25.7 Å². The number of anilines is 1. The molecule has 4 rings (SSSR count). The maximum absolute atomic E-state index is 12.5. The molecule has 1 aromatic carbocycles. The van der Waals surface area contributed by atoms with Gasteiger partial charge in [0.2, 0.25) is 0 Å². The highest BCUT2D eigenvalue weighted by Crippen LogP contribution is 2.54. The van der Waals surface area contributed by atoms with Crippen molar-refractivity contribution in [3.63, 3.8) is 0 Å². The van der Waals surface area contributed by atoms with Crippen molar-refractivity contribution in [2.45, 2.75) is 32.0 Å². The Labute approximate surface area is 201 Å². The Kier molecular flexibility index (Phi) is 7.75. The number of nitrogen functional groups attached to an aromatic ring is 1. The summed E-state index contributed by atoms with van der Waals surface area (Å²) in [4.78, 5) is 24.0. The normalized spacial score (nSPS) is 16.6. The van der Waals surface area contributed by atoms with Crippen LogP contribution in [0.2, 0.25) is 0 Å². The number of nitrogens with zero attached hydrogens (tertiary/aromatic N) is 3. The van der Waals surface area contributed by atoms with Crippen LogP contribution in [0.1, 0.15) is 36.2 Å². The molecule has 188 valence electrons. The van der Waals surface area contributed by atoms with E-state index < -0.39 is 12.8 Å². The summed E-state index contributed by atoms with van der Waals surface area (Å²) in [6.45, 7) is 2.36. The van der Waals surface area contributed by atoms with Crippen LogP contribution in [0.15, 0.2) is 24.3 Å². The van der Waals surface area contributed by atoms with E-state index in [4.69, 9.17) is 10.5 Å². The lowest BCUT2D eigenvalue weighted by Gasteiger charge is -2.58. The predicted octanol–water partition coefficient (Wildman–Crippen LogP) is 2.91. The molecule has 1 saturated heterocycles. The monoisotopic (exact) mass is 491 g/mol. The highest BCUT2D eigenvalue weighted by molar-refractivity contribution is 6.04. The second-order valence-corrected chi connectivity index (χ2v) is 8.81. The van der Waals surface area contributed by atoms with Crippen molar-refractivity contribution in [1.82, 2.24) is 20.0 Å². The molecular weight excluding hydrogens is 463 g/mol. The summed E-state index contributed by atoms with van der Waals surface area (Å²) in [5.74, 6) is 4.61. The first-order valence-electron chi connectivity index (χ1n) is 11.0. The highest BCUT2D eigenvalue weighted by atomic mass is 19.4. The number of rotatable bonds is 5. The van der Waals surface area contributed by atoms with E-state index in [1.54, 1.807) is 23.7 Å². The van der Waals surface area contributed by atoms with Crippen LogP contribution in [-0.2, 0) is 4.79 Å². The van der Waals surface area contributed by atoms with Crippen molar-refractivity contribution in [3.8, 4) is 28.8 Å². The highest BCUT2D eigenvalue weighted by Gasteiger charge is 2.52. The molecule has 1 aliphatic carbocycles. The largest absolute Gasteiger partial charge is 0.484 e. The molecule has 2 aromatic rings. The zero-order valence-corrected chi connectivity index (χ0v) is 19.8. The van der Waals surface area contributed by atoms with Gasteiger partial charge in [-0.15, -0.1) is 0 Å². The SMILES string of the molecule is CC#CC=O.CNC(=O)c1c(-c2ccc(OCC(F)(F)F)cc2)nn(C2CC3(C2)CN(C)C3)c1N. The van der Waals surface area contributed by atoms with Gasteiger partial charge in [-0.05, 0) is 62.4 Å². The molecule has 3 N–H and O–H groups in total. The molecule has 8 nitrogen and oxygen atoms in total. The van der Waals surface area contributed by atoms with Crippen molar-refractivity contribution in [3.05, 3.63) is 29.8 Å². The Hall–Kier alpha value is -3.52. The van der Waals surface area contributed by atoms with Gasteiger partial charge < -0.3 is 20.7 Å². The molecule has 2 fully saturated rings. The van der Waals surface area contributed by atoms with E-state index in [-0.39, 0.29) is 23.3 Å². The van der Waals surface area contributed by atoms with Gasteiger partial charge in [0.15, 0.2) is 12.9 Å². The number of carbonyl (C=O) groups is 2. The van der Waals surface area contributed by atoms with Crippen LogP contribution in [0.5, 0.6) is 5.75 Å². The minimum Gasteiger partial charge on any atom is -0.484 e. The summed E-state index contributed by atoms with van der Waals surface area (Å²) in [7, 11) is 3.60. The first kappa shape index (κ1) is 26.1. The second-order valence-electron chi connectivity index (χ2n) is 8.81. The van der Waals surface area contributed by atoms with Crippen molar-refractivity contribution in [2.75, 3.05) is 39.5 Å². The molecular formula is C24H28F3N5O3. The van der Waals surface area contributed by atoms with Gasteiger partial charge in [-0.25, -0.2) is 4.68 Å². The van der Waals surface area contributed by atoms with Gasteiger partial charge in [0.1, 0.15) is 22.8 Å². The van der Waals surface area contributed by atoms with E-state index in [9.17, 15) is 22.8 Å². The second kappa shape index (κ2) is 10.4. The minimum atomic E-state index is -4.41. The lowest BCUT2D eigenvalue weighted by molar-refractivity contribution is -0.153. The van der Waals surface area contributed by atoms with E-state index in [0.717, 1.165) is 25.9 Å². The number of likely N-dealkylation sites (tertiary alicyclic amines) is 1. The quantitative estimate of drug-likeness (QED) is 0.493. The molecule has 2 heterocycles. The number of ether oxygens (including phenoxy) is 1. The molecule has 0 radical (unpaired) electrons. The van der Waals surface area contributed by atoms with Crippen molar-refractivity contribution < 1.29 is 27.5 Å². The van der Waals surface area contributed by atoms with Gasteiger partial charge in [-0.3, -0.25) is 9.59 Å². The minimum absolute atomic E-state index is 0.0833. The number of nitrogens with one attached hydrogen (secondary N) is 1. The molecule has 1 aromatic heterocycles. The Bertz CT molecular complexity index is 1120. The summed E-state index contributed by atoms with van der Waals surface area (Å²) >= 11 is 0. The van der Waals surface area contributed by atoms with Gasteiger partial charge in [0.25, 0.3) is 5.91 Å². The fraction of sp³-hybridized carbons (Fsp3) is 0.458. The third-order valence-corrected chi connectivity index (χ3v) is 6.03. The van der Waals surface area contributed by atoms with Crippen molar-refractivity contribution >= 4 is 18.0 Å². The van der Waals surface area contributed by atoms with E-state index in [0.29, 0.717) is 28.8 Å². The average Bonchev–Trinajstić information content (AvgIpc) is 3.11. The number of hydrogen-bond acceptors (Lipinski definition) is 6. The molecule has 1 aliphatic heterocycles. The summed E-state index contributed by atoms with van der Waals surface area (Å²) in [5.41, 5.74) is 7.89. The number of aromatic nitrogens is 2. The van der Waals surface area contributed by atoms with E-state index in [1.165, 1.54) is 19.2 Å². The Balaban J connectivity index is 0.000000623. The lowest BCUT2D eigenvalue weighted by Crippen LogP contribution is -2.60. The van der Waals surface area contributed by atoms with Crippen LogP contribution in [0, 0.1) is 17.3 Å². The van der Waals surface area contributed by atoms with Crippen LogP contribution in [-0.4, -0.2) is 66.8 Å². The first-order chi connectivity index (χ1) is 16.5. The number of benzene rings is 1. The zero-order valence-electron chi connectivity index (χ0n) is 19.8. The number of hydrogen-bond donors (Lipinski definition) is 2. The molecule has 0 atom stereocenters. The average molecular weight is 492 g/mol. The van der Waals surface area contributed by atoms with Gasteiger partial charge in [-0.2, -0.15) is 18.3 Å². The van der Waals surface area contributed by atoms with Crippen LogP contribution in [0.4, 0.5) is 19.0 Å². The van der Waals surface area contributed by atoms with Crippen LogP contribution >= 0.6 is 0 Å². The van der Waals surface area contributed by atoms with Gasteiger partial charge >= 0.3 is 6.18 Å². The molecule has 1 amide bonds. The number of halogens is 3. The fourth-order valence-corrected chi connectivity index (χ4v) is 4.68. The third-order valence-electron chi connectivity index (χ3n) is 6.03. The standard InChI is InChI=1S/C20H24F3N5O2.C4H4O/c1-25-18(29)15-16(12-3-5-14(6-4-12)30-11-20(21,22)23)26-28(17(15)24)13-7-19(8-13)9-27(2)10-19;1-2-3-4-5/h3-6,13H,7-11,24H2,1-2H3,(H,25,29);4H,1H3. The number of alkyl halides is 3. The smallest absolute Gasteiger partial charge is 0.422 e. The van der Waals surface area contributed by atoms with Crippen molar-refractivity contribution in [1.29, 1.82) is 0 Å². The summed E-state index contributed by atoms with van der Waals surface area (Å²) in [5, 5.41) is 7.21. The van der Waals surface area contributed by atoms with Crippen LogP contribution in [0.25, 0.3) is 11.3 Å². The Morgan fingerprint density at radius 2 is 1.94 bits per heavy atom. The van der Waals surface area contributed by atoms with E-state index in [2.05, 4.69) is 34.2 Å². The molecule has 0 bridgehead atoms. The third kappa shape index (κ3) is 5.95. The Morgan fingerprint density at radius 3 is 2.40 bits per heavy atom. The number of amides is 1. The summed E-state index contributed by atoms with van der Waals surface area (Å²) in [6, 6.07) is 6.13. The molecule has 2 aliphatic rings. The van der Waals surface area contributed by atoms with Crippen molar-refractivity contribution in [2.24, 2.45) is 5.41 Å². The molecule has 35 heavy (non-hydrogen) atoms. The maximum atomic E-state index is 12.5. The Morgan fingerprint density at radius 1 is 1.31 bits per heavy atom. The number of carbonyl (C=O) groups excluding carboxylic acids is 2. The van der Waals surface area contributed by atoms with Gasteiger partial charge in [-0.1, -0.05) is 5.92 Å². The topological polar surface area (TPSA) is 102 Å². The molecule has 1 saturated carbocycles. The molecule has 1 spiro atoms. The van der Waals surface area contributed by atoms with Gasteiger partial charge in [0.05, 0.1) is 6.04 Å². The molecule has 11 heteroatoms. The van der Waals surface area contributed by atoms with Crippen LogP contribution in [0.3, 0.4) is 0 Å². The predicted molar refractivity (Wildman–Crippen MR) is 125 cm³/mol. The summed E-state index contributed by atoms with van der Waals surface area (Å²) < 4.78 is 43.5. The summed E-state index contributed by atoms with van der Waals surface area (Å²) in [6.07, 6.45) is -1.92. The first-order valence-corrected chi connectivity index (χ1v) is 11.0. The molecule has 0 unspecified atom stereocenters. The lowest BCUT2D eigenvalue weighted by atomic mass is 9.61. The fourth-order valence-electron chi connectivity index (χ4n) is 4.68. The maximum Gasteiger partial charge on any atom is 0.422 e. The van der Waals surface area contributed by atoms with Crippen LogP contribution < -0.4 is 15.8 Å². The number of aldehydes is 1. The zero-order chi connectivity index (χ0) is 25.8.